The van der Waals surface area contributed by atoms with Crippen LogP contribution in [0.2, 0.25) is 5.02 Å². The highest BCUT2D eigenvalue weighted by atomic mass is 35.5. The van der Waals surface area contributed by atoms with Crippen LogP contribution in [0.25, 0.3) is 0 Å². The zero-order valence-electron chi connectivity index (χ0n) is 14.9. The lowest BCUT2D eigenvalue weighted by molar-refractivity contribution is -0.124. The molecule has 2 aromatic rings. The maximum Gasteiger partial charge on any atom is 0.348 e. The molecule has 0 bridgehead atoms. The molecule has 0 saturated carbocycles. The average Bonchev–Trinajstić information content (AvgIpc) is 3.03. The molecule has 0 radical (unpaired) electrons. The summed E-state index contributed by atoms with van der Waals surface area (Å²) < 4.78 is 5.19. The number of amides is 1. The summed E-state index contributed by atoms with van der Waals surface area (Å²) in [7, 11) is 0. The van der Waals surface area contributed by atoms with Crippen LogP contribution in [-0.2, 0) is 22.4 Å². The molecule has 6 heteroatoms. The van der Waals surface area contributed by atoms with Crippen molar-refractivity contribution in [1.29, 1.82) is 0 Å². The first-order valence-corrected chi connectivity index (χ1v) is 9.96. The maximum atomic E-state index is 12.2. The van der Waals surface area contributed by atoms with Crippen molar-refractivity contribution >= 4 is 34.8 Å². The summed E-state index contributed by atoms with van der Waals surface area (Å²) in [5.41, 5.74) is 2.08. The van der Waals surface area contributed by atoms with E-state index in [4.69, 9.17) is 16.3 Å². The third-order valence-electron chi connectivity index (χ3n) is 4.61. The molecule has 0 spiro atoms. The van der Waals surface area contributed by atoms with Crippen LogP contribution in [0.15, 0.2) is 30.3 Å². The summed E-state index contributed by atoms with van der Waals surface area (Å²) in [6.07, 6.45) is 3.18. The van der Waals surface area contributed by atoms with E-state index in [9.17, 15) is 9.59 Å². The molecule has 0 fully saturated rings. The van der Waals surface area contributed by atoms with Gasteiger partial charge >= 0.3 is 5.97 Å². The standard InChI is InChI=1S/C20H22ClNO3S/c1-12-7-8-17-14(9-12)10-18(26-17)20(24)25-11-19(23)22-13(2)15-5-3-4-6-16(15)21/h3-6,10,12-13H,7-9,11H2,1-2H3,(H,22,23)/t12-,13-/m0/s1. The lowest BCUT2D eigenvalue weighted by atomic mass is 9.90. The largest absolute Gasteiger partial charge is 0.451 e. The number of carbonyl (C=O) groups is 2. The summed E-state index contributed by atoms with van der Waals surface area (Å²) in [5, 5.41) is 3.39. The number of carbonyl (C=O) groups excluding carboxylic acids is 2. The lowest BCUT2D eigenvalue weighted by Gasteiger charge is -2.16. The Hall–Kier alpha value is -1.85. The van der Waals surface area contributed by atoms with E-state index in [1.54, 1.807) is 6.07 Å². The molecule has 4 nitrogen and oxygen atoms in total. The first-order chi connectivity index (χ1) is 12.4. The van der Waals surface area contributed by atoms with Crippen LogP contribution in [0.1, 0.15) is 52.0 Å². The van der Waals surface area contributed by atoms with Crippen molar-refractivity contribution in [2.75, 3.05) is 6.61 Å². The number of benzene rings is 1. The Morgan fingerprint density at radius 1 is 1.38 bits per heavy atom. The van der Waals surface area contributed by atoms with E-state index in [2.05, 4.69) is 12.2 Å². The van der Waals surface area contributed by atoms with Crippen molar-refractivity contribution in [1.82, 2.24) is 5.32 Å². The molecule has 1 aliphatic rings. The van der Waals surface area contributed by atoms with E-state index < -0.39 is 5.97 Å². The Morgan fingerprint density at radius 3 is 2.92 bits per heavy atom. The Morgan fingerprint density at radius 2 is 2.15 bits per heavy atom. The second-order valence-corrected chi connectivity index (χ2v) is 8.34. The molecule has 3 rings (SSSR count). The molecule has 2 atom stereocenters. The van der Waals surface area contributed by atoms with Gasteiger partial charge in [-0.15, -0.1) is 11.3 Å². The van der Waals surface area contributed by atoms with Gasteiger partial charge in [0.1, 0.15) is 4.88 Å². The first-order valence-electron chi connectivity index (χ1n) is 8.76. The van der Waals surface area contributed by atoms with Gasteiger partial charge in [-0.05, 0) is 55.4 Å². The minimum absolute atomic E-state index is 0.259. The Bertz CT molecular complexity index is 817. The van der Waals surface area contributed by atoms with Crippen molar-refractivity contribution in [3.8, 4) is 0 Å². The number of hydrogen-bond donors (Lipinski definition) is 1. The highest BCUT2D eigenvalue weighted by Crippen LogP contribution is 2.32. The Kier molecular flexibility index (Phi) is 5.99. The van der Waals surface area contributed by atoms with Crippen molar-refractivity contribution in [3.63, 3.8) is 0 Å². The third kappa shape index (κ3) is 4.46. The number of hydrogen-bond acceptors (Lipinski definition) is 4. The maximum absolute atomic E-state index is 12.2. The van der Waals surface area contributed by atoms with Crippen LogP contribution in [0.4, 0.5) is 0 Å². The van der Waals surface area contributed by atoms with Crippen LogP contribution >= 0.6 is 22.9 Å². The number of halogens is 1. The highest BCUT2D eigenvalue weighted by molar-refractivity contribution is 7.14. The Labute approximate surface area is 162 Å². The number of ether oxygens (including phenoxy) is 1. The monoisotopic (exact) mass is 391 g/mol. The zero-order chi connectivity index (χ0) is 18.7. The molecule has 1 aromatic carbocycles. The topological polar surface area (TPSA) is 55.4 Å². The summed E-state index contributed by atoms with van der Waals surface area (Å²) in [6, 6.07) is 9.00. The van der Waals surface area contributed by atoms with Crippen molar-refractivity contribution in [2.24, 2.45) is 5.92 Å². The second kappa shape index (κ2) is 8.23. The number of fused-ring (bicyclic) bond motifs is 1. The number of aryl methyl sites for hydroxylation is 1. The molecule has 0 aliphatic heterocycles. The van der Waals surface area contributed by atoms with Crippen LogP contribution in [-0.4, -0.2) is 18.5 Å². The molecule has 26 heavy (non-hydrogen) atoms. The van der Waals surface area contributed by atoms with Gasteiger partial charge in [0.25, 0.3) is 5.91 Å². The zero-order valence-corrected chi connectivity index (χ0v) is 16.5. The fourth-order valence-corrected chi connectivity index (χ4v) is 4.60. The number of thiophene rings is 1. The van der Waals surface area contributed by atoms with Crippen LogP contribution < -0.4 is 5.32 Å². The molecule has 1 aromatic heterocycles. The van der Waals surface area contributed by atoms with Gasteiger partial charge in [-0.25, -0.2) is 4.79 Å². The van der Waals surface area contributed by atoms with E-state index in [1.165, 1.54) is 21.8 Å². The molecule has 1 aliphatic carbocycles. The van der Waals surface area contributed by atoms with Crippen LogP contribution in [0, 0.1) is 5.92 Å². The number of nitrogens with one attached hydrogen (secondary N) is 1. The summed E-state index contributed by atoms with van der Waals surface area (Å²) in [6.45, 7) is 3.77. The van der Waals surface area contributed by atoms with Crippen molar-refractivity contribution < 1.29 is 14.3 Å². The van der Waals surface area contributed by atoms with Crippen molar-refractivity contribution in [2.45, 2.75) is 39.2 Å². The predicted octanol–water partition coefficient (Wildman–Crippen LogP) is 4.56. The van der Waals surface area contributed by atoms with Crippen molar-refractivity contribution in [3.05, 3.63) is 56.2 Å². The van der Waals surface area contributed by atoms with Gasteiger partial charge in [-0.2, -0.15) is 0 Å². The molecule has 1 heterocycles. The molecule has 0 saturated heterocycles. The van der Waals surface area contributed by atoms with Gasteiger partial charge in [0.15, 0.2) is 6.61 Å². The second-order valence-electron chi connectivity index (χ2n) is 6.79. The minimum Gasteiger partial charge on any atom is -0.451 e. The highest BCUT2D eigenvalue weighted by Gasteiger charge is 2.22. The SMILES string of the molecule is C[C@H]1CCc2sc(C(=O)OCC(=O)N[C@@H](C)c3ccccc3Cl)cc2C1. The fourth-order valence-electron chi connectivity index (χ4n) is 3.20. The quantitative estimate of drug-likeness (QED) is 0.760. The normalized spacial score (nSPS) is 17.3. The van der Waals surface area contributed by atoms with E-state index in [-0.39, 0.29) is 18.6 Å². The van der Waals surface area contributed by atoms with E-state index in [0.717, 1.165) is 24.8 Å². The number of esters is 1. The van der Waals surface area contributed by atoms with Gasteiger partial charge in [-0.1, -0.05) is 36.7 Å². The van der Waals surface area contributed by atoms with E-state index in [0.29, 0.717) is 15.8 Å². The molecular weight excluding hydrogens is 370 g/mol. The molecule has 1 N–H and O–H groups in total. The fraction of sp³-hybridized carbons (Fsp3) is 0.400. The lowest BCUT2D eigenvalue weighted by Crippen LogP contribution is -2.31. The first kappa shape index (κ1) is 18.9. The molecule has 1 amide bonds. The molecule has 138 valence electrons. The van der Waals surface area contributed by atoms with E-state index >= 15 is 0 Å². The summed E-state index contributed by atoms with van der Waals surface area (Å²) in [4.78, 5) is 26.2. The summed E-state index contributed by atoms with van der Waals surface area (Å²) >= 11 is 7.62. The van der Waals surface area contributed by atoms with Gasteiger partial charge in [0.05, 0.1) is 6.04 Å². The van der Waals surface area contributed by atoms with Gasteiger partial charge in [0, 0.05) is 9.90 Å². The van der Waals surface area contributed by atoms with Crippen LogP contribution in [0.3, 0.4) is 0 Å². The Balaban J connectivity index is 1.53. The average molecular weight is 392 g/mol. The van der Waals surface area contributed by atoms with Gasteiger partial charge in [-0.3, -0.25) is 4.79 Å². The molecule has 0 unspecified atom stereocenters. The third-order valence-corrected chi connectivity index (χ3v) is 6.18. The van der Waals surface area contributed by atoms with E-state index in [1.807, 2.05) is 31.2 Å². The predicted molar refractivity (Wildman–Crippen MR) is 104 cm³/mol. The summed E-state index contributed by atoms with van der Waals surface area (Å²) in [5.74, 6) is -0.128. The number of rotatable bonds is 5. The minimum atomic E-state index is -0.433. The van der Waals surface area contributed by atoms with Crippen LogP contribution in [0.5, 0.6) is 0 Å². The van der Waals surface area contributed by atoms with Gasteiger partial charge in [0.2, 0.25) is 0 Å². The molecular formula is C20H22ClNO3S. The smallest absolute Gasteiger partial charge is 0.348 e. The van der Waals surface area contributed by atoms with Gasteiger partial charge < -0.3 is 10.1 Å².